The summed E-state index contributed by atoms with van der Waals surface area (Å²) in [6, 6.07) is 5.18. The molecule has 0 spiro atoms. The van der Waals surface area contributed by atoms with Crippen molar-refractivity contribution in [1.82, 2.24) is 9.21 Å². The summed E-state index contributed by atoms with van der Waals surface area (Å²) in [6.07, 6.45) is 0. The van der Waals surface area contributed by atoms with Gasteiger partial charge < -0.3 is 10.6 Å². The van der Waals surface area contributed by atoms with Gasteiger partial charge in [0.05, 0.1) is 4.90 Å². The van der Waals surface area contributed by atoms with Gasteiger partial charge in [-0.15, -0.1) is 0 Å². The first kappa shape index (κ1) is 17.9. The van der Waals surface area contributed by atoms with Crippen molar-refractivity contribution < 1.29 is 13.2 Å². The number of sulfonamides is 1. The summed E-state index contributed by atoms with van der Waals surface area (Å²) in [4.78, 5) is 14.1. The van der Waals surface area contributed by atoms with Gasteiger partial charge in [-0.2, -0.15) is 4.31 Å². The van der Waals surface area contributed by atoms with Gasteiger partial charge in [0.1, 0.15) is 0 Å². The average Bonchev–Trinajstić information content (AvgIpc) is 2.55. The highest BCUT2D eigenvalue weighted by Gasteiger charge is 2.31. The Morgan fingerprint density at radius 2 is 1.78 bits per heavy atom. The van der Waals surface area contributed by atoms with Crippen LogP contribution in [0.2, 0.25) is 0 Å². The van der Waals surface area contributed by atoms with Gasteiger partial charge in [0.15, 0.2) is 0 Å². The van der Waals surface area contributed by atoms with Crippen LogP contribution in [0.15, 0.2) is 23.1 Å². The molecule has 6 nitrogen and oxygen atoms in total. The Morgan fingerprint density at radius 1 is 1.17 bits per heavy atom. The molecule has 1 aliphatic heterocycles. The number of nitrogens with two attached hydrogens (primary N) is 1. The minimum Gasteiger partial charge on any atom is -0.340 e. The zero-order valence-corrected chi connectivity index (χ0v) is 14.8. The Labute approximate surface area is 138 Å². The molecule has 0 aromatic heterocycles. The highest BCUT2D eigenvalue weighted by atomic mass is 32.2. The van der Waals surface area contributed by atoms with E-state index >= 15 is 0 Å². The molecule has 1 aliphatic rings. The number of hydrogen-bond donors (Lipinski definition) is 1. The SMILES string of the molecule is Cc1ccc(S(=O)(=O)N2CCN(C(=O)C(C)CN)CC2)cc1C. The van der Waals surface area contributed by atoms with E-state index in [1.165, 1.54) is 4.31 Å². The van der Waals surface area contributed by atoms with Crippen molar-refractivity contribution in [2.24, 2.45) is 11.7 Å². The molecule has 1 amide bonds. The minimum atomic E-state index is -3.51. The molecule has 2 rings (SSSR count). The van der Waals surface area contributed by atoms with Crippen molar-refractivity contribution in [3.8, 4) is 0 Å². The summed E-state index contributed by atoms with van der Waals surface area (Å²) in [6.45, 7) is 7.41. The van der Waals surface area contributed by atoms with E-state index in [9.17, 15) is 13.2 Å². The number of carbonyl (C=O) groups excluding carboxylic acids is 1. The van der Waals surface area contributed by atoms with Crippen LogP contribution >= 0.6 is 0 Å². The highest BCUT2D eigenvalue weighted by molar-refractivity contribution is 7.89. The Morgan fingerprint density at radius 3 is 2.30 bits per heavy atom. The van der Waals surface area contributed by atoms with Gasteiger partial charge in [-0.05, 0) is 37.1 Å². The smallest absolute Gasteiger partial charge is 0.243 e. The predicted molar refractivity (Wildman–Crippen MR) is 89.5 cm³/mol. The van der Waals surface area contributed by atoms with E-state index in [0.29, 0.717) is 37.6 Å². The molecule has 1 heterocycles. The molecule has 0 aliphatic carbocycles. The highest BCUT2D eigenvalue weighted by Crippen LogP contribution is 2.20. The molecular formula is C16H25N3O3S. The third-order valence-corrected chi connectivity index (χ3v) is 6.34. The molecular weight excluding hydrogens is 314 g/mol. The summed E-state index contributed by atoms with van der Waals surface area (Å²) >= 11 is 0. The monoisotopic (exact) mass is 339 g/mol. The average molecular weight is 339 g/mol. The molecule has 0 radical (unpaired) electrons. The Hall–Kier alpha value is -1.44. The van der Waals surface area contributed by atoms with Crippen molar-refractivity contribution in [2.45, 2.75) is 25.7 Å². The lowest BCUT2D eigenvalue weighted by Crippen LogP contribution is -2.52. The fourth-order valence-corrected chi connectivity index (χ4v) is 4.09. The number of piperazine rings is 1. The predicted octanol–water partition coefficient (Wildman–Crippen LogP) is 0.731. The molecule has 23 heavy (non-hydrogen) atoms. The first-order chi connectivity index (χ1) is 10.8. The largest absolute Gasteiger partial charge is 0.340 e. The number of benzene rings is 1. The zero-order chi connectivity index (χ0) is 17.2. The van der Waals surface area contributed by atoms with Crippen LogP contribution in [-0.2, 0) is 14.8 Å². The quantitative estimate of drug-likeness (QED) is 0.876. The number of amides is 1. The first-order valence-corrected chi connectivity index (χ1v) is 9.27. The van der Waals surface area contributed by atoms with Crippen molar-refractivity contribution in [1.29, 1.82) is 0 Å². The lowest BCUT2D eigenvalue weighted by atomic mass is 10.1. The number of nitrogens with zero attached hydrogens (tertiary/aromatic N) is 2. The van der Waals surface area contributed by atoms with Crippen LogP contribution in [0.25, 0.3) is 0 Å². The van der Waals surface area contributed by atoms with Crippen LogP contribution in [0.4, 0.5) is 0 Å². The maximum atomic E-state index is 12.7. The number of hydrogen-bond acceptors (Lipinski definition) is 4. The van der Waals surface area contributed by atoms with Gasteiger partial charge in [0.2, 0.25) is 15.9 Å². The van der Waals surface area contributed by atoms with Crippen molar-refractivity contribution in [3.63, 3.8) is 0 Å². The van der Waals surface area contributed by atoms with Crippen molar-refractivity contribution >= 4 is 15.9 Å². The second kappa shape index (κ2) is 6.98. The van der Waals surface area contributed by atoms with Gasteiger partial charge >= 0.3 is 0 Å². The fraction of sp³-hybridized carbons (Fsp3) is 0.562. The van der Waals surface area contributed by atoms with Crippen LogP contribution < -0.4 is 5.73 Å². The van der Waals surface area contributed by atoms with Crippen LogP contribution in [0.3, 0.4) is 0 Å². The van der Waals surface area contributed by atoms with Crippen LogP contribution in [-0.4, -0.2) is 56.3 Å². The van der Waals surface area contributed by atoms with Crippen molar-refractivity contribution in [3.05, 3.63) is 29.3 Å². The van der Waals surface area contributed by atoms with E-state index in [1.807, 2.05) is 19.9 Å². The van der Waals surface area contributed by atoms with E-state index in [-0.39, 0.29) is 11.8 Å². The Balaban J connectivity index is 2.09. The number of aryl methyl sites for hydroxylation is 2. The number of carbonyl (C=O) groups is 1. The van der Waals surface area contributed by atoms with Gasteiger partial charge in [0.25, 0.3) is 0 Å². The zero-order valence-electron chi connectivity index (χ0n) is 13.9. The molecule has 1 aromatic carbocycles. The summed E-state index contributed by atoms with van der Waals surface area (Å²) in [5, 5.41) is 0. The maximum Gasteiger partial charge on any atom is 0.243 e. The summed E-state index contributed by atoms with van der Waals surface area (Å²) in [5.74, 6) is -0.228. The summed E-state index contributed by atoms with van der Waals surface area (Å²) < 4.78 is 26.9. The minimum absolute atomic E-state index is 0.00396. The first-order valence-electron chi connectivity index (χ1n) is 7.83. The molecule has 0 bridgehead atoms. The molecule has 1 saturated heterocycles. The second-order valence-electron chi connectivity index (χ2n) is 6.11. The molecule has 1 unspecified atom stereocenters. The van der Waals surface area contributed by atoms with Crippen LogP contribution in [0.5, 0.6) is 0 Å². The lowest BCUT2D eigenvalue weighted by molar-refractivity contribution is -0.135. The second-order valence-corrected chi connectivity index (χ2v) is 8.05. The molecule has 2 N–H and O–H groups in total. The van der Waals surface area contributed by atoms with E-state index in [2.05, 4.69) is 0 Å². The third kappa shape index (κ3) is 3.73. The number of rotatable bonds is 4. The standard InChI is InChI=1S/C16H25N3O3S/c1-12-4-5-15(10-13(12)2)23(21,22)19-8-6-18(7-9-19)16(20)14(3)11-17/h4-5,10,14H,6-9,11,17H2,1-3H3. The molecule has 0 saturated carbocycles. The van der Waals surface area contributed by atoms with Gasteiger partial charge in [0, 0.05) is 38.6 Å². The molecule has 1 fully saturated rings. The molecule has 128 valence electrons. The van der Waals surface area contributed by atoms with E-state index in [1.54, 1.807) is 24.0 Å². The van der Waals surface area contributed by atoms with Crippen LogP contribution in [0, 0.1) is 19.8 Å². The van der Waals surface area contributed by atoms with Gasteiger partial charge in [-0.25, -0.2) is 8.42 Å². The molecule has 7 heteroatoms. The summed E-state index contributed by atoms with van der Waals surface area (Å²) in [5.41, 5.74) is 7.54. The van der Waals surface area contributed by atoms with Gasteiger partial charge in [-0.3, -0.25) is 4.79 Å². The Bertz CT molecular complexity index is 680. The third-order valence-electron chi connectivity index (χ3n) is 4.44. The van der Waals surface area contributed by atoms with E-state index in [0.717, 1.165) is 11.1 Å². The normalized spacial score (nSPS) is 18.0. The van der Waals surface area contributed by atoms with E-state index < -0.39 is 10.0 Å². The summed E-state index contributed by atoms with van der Waals surface area (Å²) in [7, 11) is -3.51. The molecule has 1 aromatic rings. The van der Waals surface area contributed by atoms with Crippen LogP contribution in [0.1, 0.15) is 18.1 Å². The Kier molecular flexibility index (Phi) is 5.44. The maximum absolute atomic E-state index is 12.7. The lowest BCUT2D eigenvalue weighted by Gasteiger charge is -2.35. The fourth-order valence-electron chi connectivity index (χ4n) is 2.58. The molecule has 1 atom stereocenters. The van der Waals surface area contributed by atoms with Crippen molar-refractivity contribution in [2.75, 3.05) is 32.7 Å². The topological polar surface area (TPSA) is 83.7 Å². The van der Waals surface area contributed by atoms with E-state index in [4.69, 9.17) is 5.73 Å². The van der Waals surface area contributed by atoms with Gasteiger partial charge in [-0.1, -0.05) is 13.0 Å².